The Bertz CT molecular complexity index is 309. The fourth-order valence-corrected chi connectivity index (χ4v) is 1.78. The van der Waals surface area contributed by atoms with Crippen LogP contribution in [0.5, 0.6) is 0 Å². The predicted octanol–water partition coefficient (Wildman–Crippen LogP) is 4.47. The lowest BCUT2D eigenvalue weighted by atomic mass is 10.0. The quantitative estimate of drug-likeness (QED) is 0.652. The van der Waals surface area contributed by atoms with E-state index < -0.39 is 0 Å². The Hall–Kier alpha value is -0.560. The van der Waals surface area contributed by atoms with Crippen LogP contribution >= 0.6 is 11.6 Å². The summed E-state index contributed by atoms with van der Waals surface area (Å²) in [5, 5.41) is 0.263. The van der Waals surface area contributed by atoms with Crippen molar-refractivity contribution >= 4 is 11.6 Å². The van der Waals surface area contributed by atoms with Crippen molar-refractivity contribution in [1.82, 2.24) is 0 Å². The summed E-state index contributed by atoms with van der Waals surface area (Å²) in [7, 11) is 0. The van der Waals surface area contributed by atoms with Crippen molar-refractivity contribution in [2.75, 3.05) is 0 Å². The lowest BCUT2D eigenvalue weighted by molar-refractivity contribution is 0.620. The minimum Gasteiger partial charge on any atom is -0.207 e. The summed E-state index contributed by atoms with van der Waals surface area (Å²) >= 11 is 6.03. The minimum absolute atomic E-state index is 0.145. The zero-order chi connectivity index (χ0) is 11.3. The Balaban J connectivity index is 2.46. The maximum Gasteiger partial charge on any atom is 0.123 e. The molecule has 0 N–H and O–H groups in total. The molecule has 1 unspecified atom stereocenters. The van der Waals surface area contributed by atoms with E-state index in [1.165, 1.54) is 11.6 Å². The molecule has 0 bridgehead atoms. The SMILES string of the molecule is CCC(Cl)CCCc1cc(F)ccc1C. The zero-order valence-corrected chi connectivity index (χ0v) is 10.1. The Labute approximate surface area is 96.5 Å². The number of alkyl halides is 1. The van der Waals surface area contributed by atoms with Crippen molar-refractivity contribution in [1.29, 1.82) is 0 Å². The lowest BCUT2D eigenvalue weighted by Crippen LogP contribution is -1.98. The molecule has 0 radical (unpaired) electrons. The average molecular weight is 229 g/mol. The second-order valence-electron chi connectivity index (χ2n) is 3.97. The molecule has 1 rings (SSSR count). The number of hydrogen-bond acceptors (Lipinski definition) is 0. The van der Waals surface area contributed by atoms with Crippen LogP contribution in [0.1, 0.15) is 37.3 Å². The van der Waals surface area contributed by atoms with Gasteiger partial charge in [-0.3, -0.25) is 0 Å². The van der Waals surface area contributed by atoms with E-state index in [2.05, 4.69) is 6.92 Å². The first-order chi connectivity index (χ1) is 7.13. The minimum atomic E-state index is -0.145. The molecule has 0 saturated heterocycles. The smallest absolute Gasteiger partial charge is 0.123 e. The van der Waals surface area contributed by atoms with Gasteiger partial charge >= 0.3 is 0 Å². The number of aryl methyl sites for hydroxylation is 2. The van der Waals surface area contributed by atoms with Gasteiger partial charge in [0.2, 0.25) is 0 Å². The third-order valence-corrected chi connectivity index (χ3v) is 3.24. The fraction of sp³-hybridized carbons (Fsp3) is 0.538. The Morgan fingerprint density at radius 3 is 2.80 bits per heavy atom. The van der Waals surface area contributed by atoms with E-state index in [4.69, 9.17) is 11.6 Å². The molecule has 0 amide bonds. The van der Waals surface area contributed by atoms with Gasteiger partial charge in [-0.25, -0.2) is 4.39 Å². The van der Waals surface area contributed by atoms with Gasteiger partial charge < -0.3 is 0 Å². The maximum atomic E-state index is 13.0. The zero-order valence-electron chi connectivity index (χ0n) is 9.39. The van der Waals surface area contributed by atoms with Gasteiger partial charge in [-0.1, -0.05) is 13.0 Å². The van der Waals surface area contributed by atoms with Crippen LogP contribution in [0.4, 0.5) is 4.39 Å². The second kappa shape index (κ2) is 6.12. The van der Waals surface area contributed by atoms with E-state index in [1.54, 1.807) is 6.07 Å². The van der Waals surface area contributed by atoms with Crippen LogP contribution in [0.3, 0.4) is 0 Å². The Morgan fingerprint density at radius 1 is 1.40 bits per heavy atom. The molecular formula is C13H18ClF. The van der Waals surface area contributed by atoms with Gasteiger partial charge in [0.05, 0.1) is 0 Å². The fourth-order valence-electron chi connectivity index (χ4n) is 1.63. The molecule has 0 aliphatic heterocycles. The molecule has 0 fully saturated rings. The average Bonchev–Trinajstić information content (AvgIpc) is 2.23. The normalized spacial score (nSPS) is 12.8. The first-order valence-electron chi connectivity index (χ1n) is 5.52. The van der Waals surface area contributed by atoms with E-state index >= 15 is 0 Å². The molecule has 1 atom stereocenters. The van der Waals surface area contributed by atoms with E-state index in [0.717, 1.165) is 31.2 Å². The van der Waals surface area contributed by atoms with Crippen LogP contribution in [0.25, 0.3) is 0 Å². The van der Waals surface area contributed by atoms with Gasteiger partial charge in [-0.05, 0) is 55.9 Å². The van der Waals surface area contributed by atoms with Gasteiger partial charge in [0.15, 0.2) is 0 Å². The summed E-state index contributed by atoms with van der Waals surface area (Å²) in [6.45, 7) is 4.11. The highest BCUT2D eigenvalue weighted by Gasteiger charge is 2.03. The van der Waals surface area contributed by atoms with Crippen molar-refractivity contribution in [3.8, 4) is 0 Å². The van der Waals surface area contributed by atoms with E-state index in [0.29, 0.717) is 0 Å². The molecule has 2 heteroatoms. The van der Waals surface area contributed by atoms with Crippen LogP contribution in [0.2, 0.25) is 0 Å². The van der Waals surface area contributed by atoms with Crippen LogP contribution in [-0.2, 0) is 6.42 Å². The van der Waals surface area contributed by atoms with Crippen molar-refractivity contribution in [2.45, 2.75) is 44.9 Å². The Kier molecular flexibility index (Phi) is 5.10. The van der Waals surface area contributed by atoms with Gasteiger partial charge in [0, 0.05) is 5.38 Å². The molecule has 1 aromatic rings. The number of rotatable bonds is 5. The van der Waals surface area contributed by atoms with Crippen LogP contribution in [-0.4, -0.2) is 5.38 Å². The van der Waals surface area contributed by atoms with E-state index in [-0.39, 0.29) is 11.2 Å². The molecule has 0 saturated carbocycles. The summed E-state index contributed by atoms with van der Waals surface area (Å²) in [6.07, 6.45) is 3.97. The highest BCUT2D eigenvalue weighted by atomic mass is 35.5. The molecule has 84 valence electrons. The third kappa shape index (κ3) is 4.21. The van der Waals surface area contributed by atoms with Gasteiger partial charge in [-0.2, -0.15) is 0 Å². The molecule has 0 nitrogen and oxygen atoms in total. The molecule has 0 aliphatic rings. The summed E-state index contributed by atoms with van der Waals surface area (Å²) in [5.41, 5.74) is 2.27. The maximum absolute atomic E-state index is 13.0. The van der Waals surface area contributed by atoms with Crippen molar-refractivity contribution in [3.05, 3.63) is 35.1 Å². The van der Waals surface area contributed by atoms with Gasteiger partial charge in [-0.15, -0.1) is 11.6 Å². The monoisotopic (exact) mass is 228 g/mol. The van der Waals surface area contributed by atoms with Crippen molar-refractivity contribution < 1.29 is 4.39 Å². The molecule has 1 aromatic carbocycles. The number of benzene rings is 1. The van der Waals surface area contributed by atoms with Gasteiger partial charge in [0.25, 0.3) is 0 Å². The van der Waals surface area contributed by atoms with Crippen LogP contribution in [0.15, 0.2) is 18.2 Å². The lowest BCUT2D eigenvalue weighted by Gasteiger charge is -2.08. The summed E-state index contributed by atoms with van der Waals surface area (Å²) < 4.78 is 13.0. The van der Waals surface area contributed by atoms with E-state index in [9.17, 15) is 4.39 Å². The van der Waals surface area contributed by atoms with Crippen molar-refractivity contribution in [2.24, 2.45) is 0 Å². The number of halogens is 2. The first kappa shape index (κ1) is 12.5. The largest absolute Gasteiger partial charge is 0.207 e. The Morgan fingerprint density at radius 2 is 2.13 bits per heavy atom. The molecule has 0 aliphatic carbocycles. The molecular weight excluding hydrogens is 211 g/mol. The molecule has 0 aromatic heterocycles. The predicted molar refractivity (Wildman–Crippen MR) is 64.0 cm³/mol. The number of hydrogen-bond donors (Lipinski definition) is 0. The highest BCUT2D eigenvalue weighted by Crippen LogP contribution is 2.16. The van der Waals surface area contributed by atoms with E-state index in [1.807, 2.05) is 13.0 Å². The van der Waals surface area contributed by atoms with Gasteiger partial charge in [0.1, 0.15) is 5.82 Å². The van der Waals surface area contributed by atoms with Crippen LogP contribution in [0, 0.1) is 12.7 Å². The highest BCUT2D eigenvalue weighted by molar-refractivity contribution is 6.20. The molecule has 15 heavy (non-hydrogen) atoms. The topological polar surface area (TPSA) is 0 Å². The standard InChI is InChI=1S/C13H18ClF/c1-3-12(14)6-4-5-11-9-13(15)8-7-10(11)2/h7-9,12H,3-6H2,1-2H3. The summed E-state index contributed by atoms with van der Waals surface area (Å²) in [5.74, 6) is -0.145. The van der Waals surface area contributed by atoms with Crippen molar-refractivity contribution in [3.63, 3.8) is 0 Å². The summed E-state index contributed by atoms with van der Waals surface area (Å²) in [6, 6.07) is 4.97. The molecule has 0 heterocycles. The third-order valence-electron chi connectivity index (χ3n) is 2.72. The molecule has 0 spiro atoms. The summed E-state index contributed by atoms with van der Waals surface area (Å²) in [4.78, 5) is 0. The van der Waals surface area contributed by atoms with Crippen LogP contribution < -0.4 is 0 Å². The second-order valence-corrected chi connectivity index (χ2v) is 4.59. The first-order valence-corrected chi connectivity index (χ1v) is 5.96.